The predicted molar refractivity (Wildman–Crippen MR) is 118 cm³/mol. The first-order chi connectivity index (χ1) is 14.3. The topological polar surface area (TPSA) is 46.4 Å². The molecule has 0 fully saturated rings. The number of aromatic nitrogens is 1. The van der Waals surface area contributed by atoms with E-state index in [0.717, 1.165) is 28.1 Å². The van der Waals surface area contributed by atoms with Gasteiger partial charge in [-0.2, -0.15) is 0 Å². The summed E-state index contributed by atoms with van der Waals surface area (Å²) in [5, 5.41) is 4.50. The van der Waals surface area contributed by atoms with Crippen LogP contribution in [0.15, 0.2) is 101 Å². The van der Waals surface area contributed by atoms with E-state index in [4.69, 9.17) is 0 Å². The first-order valence-electron chi connectivity index (χ1n) is 9.29. The number of nitrogens with one attached hydrogen (secondary N) is 1. The molecule has 4 aromatic rings. The highest BCUT2D eigenvalue weighted by molar-refractivity contribution is 7.07. The summed E-state index contributed by atoms with van der Waals surface area (Å²) in [6.45, 7) is 0. The van der Waals surface area contributed by atoms with Gasteiger partial charge in [-0.1, -0.05) is 102 Å². The zero-order valence-corrected chi connectivity index (χ0v) is 16.3. The number of thiazole rings is 1. The first-order valence-corrected chi connectivity index (χ1v) is 10.1. The molecule has 0 saturated carbocycles. The summed E-state index contributed by atoms with van der Waals surface area (Å²) in [5.41, 5.74) is 7.68. The van der Waals surface area contributed by atoms with Crippen LogP contribution in [0.3, 0.4) is 0 Å². The number of benzene rings is 3. The van der Waals surface area contributed by atoms with Crippen LogP contribution in [0.25, 0.3) is 17.5 Å². The normalized spacial score (nSPS) is 13.6. The number of rotatable bonds is 3. The van der Waals surface area contributed by atoms with E-state index in [1.54, 1.807) is 4.57 Å². The van der Waals surface area contributed by atoms with E-state index < -0.39 is 0 Å². The van der Waals surface area contributed by atoms with Crippen LogP contribution in [0, 0.1) is 0 Å². The van der Waals surface area contributed by atoms with E-state index in [2.05, 4.69) is 10.5 Å². The van der Waals surface area contributed by atoms with Gasteiger partial charge in [-0.3, -0.25) is 10.2 Å². The van der Waals surface area contributed by atoms with Gasteiger partial charge >= 0.3 is 0 Å². The molecule has 0 bridgehead atoms. The molecule has 0 saturated heterocycles. The molecule has 0 radical (unpaired) electrons. The van der Waals surface area contributed by atoms with Crippen molar-refractivity contribution in [1.82, 2.24) is 9.99 Å². The lowest BCUT2D eigenvalue weighted by molar-refractivity contribution is 0.835. The van der Waals surface area contributed by atoms with E-state index in [1.165, 1.54) is 11.3 Å². The highest BCUT2D eigenvalue weighted by Crippen LogP contribution is 2.25. The van der Waals surface area contributed by atoms with Crippen LogP contribution in [-0.4, -0.2) is 4.57 Å². The maximum Gasteiger partial charge on any atom is 0.275 e. The van der Waals surface area contributed by atoms with Crippen molar-refractivity contribution in [1.29, 1.82) is 0 Å². The lowest BCUT2D eigenvalue weighted by atomic mass is 10.0. The van der Waals surface area contributed by atoms with Crippen molar-refractivity contribution < 1.29 is 0 Å². The average molecular weight is 395 g/mol. The van der Waals surface area contributed by atoms with Gasteiger partial charge in [-0.25, -0.2) is 4.57 Å². The van der Waals surface area contributed by atoms with Crippen LogP contribution in [0.5, 0.6) is 0 Å². The van der Waals surface area contributed by atoms with Gasteiger partial charge < -0.3 is 0 Å². The number of nitrogens with zero attached hydrogens (tertiary/aromatic N) is 2. The minimum atomic E-state index is -0.0635. The fraction of sp³-hybridized carbons (Fsp3) is 0. The molecule has 0 atom stereocenters. The van der Waals surface area contributed by atoms with E-state index in [1.807, 2.05) is 97.1 Å². The van der Waals surface area contributed by atoms with Crippen molar-refractivity contribution in [3.05, 3.63) is 127 Å². The highest BCUT2D eigenvalue weighted by Gasteiger charge is 2.21. The first kappa shape index (κ1) is 17.4. The van der Waals surface area contributed by atoms with Crippen molar-refractivity contribution in [3.8, 4) is 0 Å². The quantitative estimate of drug-likeness (QED) is 0.579. The Balaban J connectivity index is 1.80. The SMILES string of the molecule is O=c1/c(=C\c2ccccc2)sc2n1C(c1ccccc1)=C(c1ccccc1)NN=2. The van der Waals surface area contributed by atoms with Gasteiger partial charge in [-0.15, -0.1) is 5.10 Å². The Hall–Kier alpha value is -3.70. The van der Waals surface area contributed by atoms with Crippen LogP contribution in [-0.2, 0) is 0 Å². The molecule has 5 heteroatoms. The van der Waals surface area contributed by atoms with Crippen LogP contribution in [0.1, 0.15) is 16.7 Å². The van der Waals surface area contributed by atoms with Crippen LogP contribution in [0.4, 0.5) is 0 Å². The fourth-order valence-electron chi connectivity index (χ4n) is 3.39. The van der Waals surface area contributed by atoms with Crippen molar-refractivity contribution in [3.63, 3.8) is 0 Å². The Morgan fingerprint density at radius 2 is 1.38 bits per heavy atom. The Labute approximate surface area is 171 Å². The number of hydrogen-bond acceptors (Lipinski definition) is 4. The van der Waals surface area contributed by atoms with Crippen LogP contribution in [0.2, 0.25) is 0 Å². The molecule has 0 spiro atoms. The smallest absolute Gasteiger partial charge is 0.273 e. The Morgan fingerprint density at radius 1 is 0.793 bits per heavy atom. The second-order valence-corrected chi connectivity index (χ2v) is 7.63. The molecule has 0 aliphatic carbocycles. The van der Waals surface area contributed by atoms with Crippen molar-refractivity contribution >= 4 is 28.8 Å². The predicted octanol–water partition coefficient (Wildman–Crippen LogP) is 3.25. The molecule has 1 N–H and O–H groups in total. The third-order valence-corrected chi connectivity index (χ3v) is 5.71. The van der Waals surface area contributed by atoms with Crippen LogP contribution < -0.4 is 20.3 Å². The maximum absolute atomic E-state index is 13.4. The minimum Gasteiger partial charge on any atom is -0.273 e. The lowest BCUT2D eigenvalue weighted by Crippen LogP contribution is -2.36. The summed E-state index contributed by atoms with van der Waals surface area (Å²) in [6, 6.07) is 29.8. The molecule has 1 aliphatic rings. The summed E-state index contributed by atoms with van der Waals surface area (Å²) >= 11 is 1.38. The monoisotopic (exact) mass is 395 g/mol. The molecular formula is C24H17N3OS. The van der Waals surface area contributed by atoms with E-state index in [-0.39, 0.29) is 5.56 Å². The molecule has 4 nitrogen and oxygen atoms in total. The average Bonchev–Trinajstić information content (AvgIpc) is 3.10. The molecule has 29 heavy (non-hydrogen) atoms. The third kappa shape index (κ3) is 3.22. The van der Waals surface area contributed by atoms with Gasteiger partial charge in [0.05, 0.1) is 15.9 Å². The van der Waals surface area contributed by atoms with Crippen LogP contribution >= 0.6 is 11.3 Å². The number of fused-ring (bicyclic) bond motifs is 1. The summed E-state index contributed by atoms with van der Waals surface area (Å²) in [7, 11) is 0. The van der Waals surface area contributed by atoms with E-state index in [9.17, 15) is 4.79 Å². The Morgan fingerprint density at radius 3 is 2.03 bits per heavy atom. The van der Waals surface area contributed by atoms with Gasteiger partial charge in [0.2, 0.25) is 4.80 Å². The molecule has 1 aliphatic heterocycles. The molecule has 0 amide bonds. The standard InChI is InChI=1S/C24H17N3OS/c28-23-20(16-17-10-4-1-5-11-17)29-24-26-25-21(18-12-6-2-7-13-18)22(27(23)24)19-14-8-3-9-15-19/h1-16,25H/b20-16+. The number of hydrogen-bond donors (Lipinski definition) is 1. The molecule has 3 aromatic carbocycles. The molecule has 2 heterocycles. The van der Waals surface area contributed by atoms with Gasteiger partial charge in [0.15, 0.2) is 0 Å². The maximum atomic E-state index is 13.4. The van der Waals surface area contributed by atoms with Crippen molar-refractivity contribution in [2.75, 3.05) is 0 Å². The second kappa shape index (κ2) is 7.37. The van der Waals surface area contributed by atoms with Gasteiger partial charge in [0.25, 0.3) is 5.56 Å². The third-order valence-electron chi connectivity index (χ3n) is 4.74. The minimum absolute atomic E-state index is 0.0635. The summed E-state index contributed by atoms with van der Waals surface area (Å²) < 4.78 is 2.37. The van der Waals surface area contributed by atoms with Gasteiger partial charge in [0, 0.05) is 11.1 Å². The highest BCUT2D eigenvalue weighted by atomic mass is 32.1. The van der Waals surface area contributed by atoms with E-state index >= 15 is 0 Å². The summed E-state index contributed by atoms with van der Waals surface area (Å²) in [5.74, 6) is 0. The molecular weight excluding hydrogens is 378 g/mol. The summed E-state index contributed by atoms with van der Waals surface area (Å²) in [4.78, 5) is 14.0. The largest absolute Gasteiger partial charge is 0.275 e. The Bertz CT molecular complexity index is 1370. The summed E-state index contributed by atoms with van der Waals surface area (Å²) in [6.07, 6.45) is 1.92. The van der Waals surface area contributed by atoms with Crippen molar-refractivity contribution in [2.24, 2.45) is 5.10 Å². The van der Waals surface area contributed by atoms with Gasteiger partial charge in [0.1, 0.15) is 0 Å². The molecule has 5 rings (SSSR count). The van der Waals surface area contributed by atoms with E-state index in [0.29, 0.717) is 9.33 Å². The zero-order valence-electron chi connectivity index (χ0n) is 15.4. The molecule has 1 aromatic heterocycles. The second-order valence-electron chi connectivity index (χ2n) is 6.62. The zero-order chi connectivity index (χ0) is 19.6. The van der Waals surface area contributed by atoms with Gasteiger partial charge in [-0.05, 0) is 11.6 Å². The van der Waals surface area contributed by atoms with Crippen molar-refractivity contribution in [2.45, 2.75) is 0 Å². The molecule has 140 valence electrons. The lowest BCUT2D eigenvalue weighted by Gasteiger charge is -2.19. The fourth-order valence-corrected chi connectivity index (χ4v) is 4.32. The Kier molecular flexibility index (Phi) is 4.42. The molecule has 0 unspecified atom stereocenters.